The van der Waals surface area contributed by atoms with E-state index in [1.165, 1.54) is 24.0 Å². The number of ether oxygens (including phenoxy) is 1. The molecule has 2 rings (SSSR count). The Morgan fingerprint density at radius 3 is 3.06 bits per heavy atom. The summed E-state index contributed by atoms with van der Waals surface area (Å²) >= 11 is 0. The molecule has 0 spiro atoms. The van der Waals surface area contributed by atoms with Crippen molar-refractivity contribution in [3.63, 3.8) is 0 Å². The normalized spacial score (nSPS) is 21.5. The van der Waals surface area contributed by atoms with Gasteiger partial charge < -0.3 is 10.5 Å². The van der Waals surface area contributed by atoms with Crippen LogP contribution in [0.3, 0.4) is 0 Å². The summed E-state index contributed by atoms with van der Waals surface area (Å²) in [6.45, 7) is 2.82. The zero-order valence-electron chi connectivity index (χ0n) is 9.99. The molecule has 1 aromatic carbocycles. The first-order chi connectivity index (χ1) is 7.81. The quantitative estimate of drug-likeness (QED) is 0.845. The Bertz CT molecular complexity index is 337. The van der Waals surface area contributed by atoms with Gasteiger partial charge in [-0.3, -0.25) is 0 Å². The first-order valence-corrected chi connectivity index (χ1v) is 6.24. The largest absolute Gasteiger partial charge is 0.371 e. The Balaban J connectivity index is 2.07. The number of hydrogen-bond acceptors (Lipinski definition) is 2. The molecule has 0 radical (unpaired) electrons. The lowest BCUT2D eigenvalue weighted by molar-refractivity contribution is -0.0151. The molecule has 0 aliphatic heterocycles. The molecule has 16 heavy (non-hydrogen) atoms. The van der Waals surface area contributed by atoms with Crippen LogP contribution >= 0.6 is 0 Å². The third-order valence-electron chi connectivity index (χ3n) is 3.28. The van der Waals surface area contributed by atoms with Crippen molar-refractivity contribution in [3.05, 3.63) is 35.4 Å². The van der Waals surface area contributed by atoms with Crippen LogP contribution in [-0.2, 0) is 11.2 Å². The summed E-state index contributed by atoms with van der Waals surface area (Å²) in [5, 5.41) is 0. The second-order valence-corrected chi connectivity index (χ2v) is 4.60. The average Bonchev–Trinajstić information content (AvgIpc) is 2.30. The Labute approximate surface area is 97.8 Å². The van der Waals surface area contributed by atoms with Gasteiger partial charge in [-0.15, -0.1) is 0 Å². The van der Waals surface area contributed by atoms with Crippen LogP contribution in [0.2, 0.25) is 0 Å². The fourth-order valence-electron chi connectivity index (χ4n) is 2.43. The third-order valence-corrected chi connectivity index (χ3v) is 3.28. The van der Waals surface area contributed by atoms with Gasteiger partial charge >= 0.3 is 0 Å². The SMILES string of the molecule is CC(CCN)OC1CCCc2ccccc21. The maximum absolute atomic E-state index is 6.08. The molecule has 2 N–H and O–H groups in total. The van der Waals surface area contributed by atoms with E-state index in [0.717, 1.165) is 12.8 Å². The molecule has 0 amide bonds. The smallest absolute Gasteiger partial charge is 0.0831 e. The maximum atomic E-state index is 6.08. The molecule has 88 valence electrons. The minimum Gasteiger partial charge on any atom is -0.371 e. The molecule has 1 aliphatic rings. The summed E-state index contributed by atoms with van der Waals surface area (Å²) in [5.41, 5.74) is 8.39. The zero-order chi connectivity index (χ0) is 11.4. The van der Waals surface area contributed by atoms with Crippen LogP contribution < -0.4 is 5.73 Å². The van der Waals surface area contributed by atoms with Crippen molar-refractivity contribution in [1.29, 1.82) is 0 Å². The predicted octanol–water partition coefficient (Wildman–Crippen LogP) is 2.82. The van der Waals surface area contributed by atoms with E-state index in [9.17, 15) is 0 Å². The molecule has 2 nitrogen and oxygen atoms in total. The van der Waals surface area contributed by atoms with Crippen molar-refractivity contribution in [2.45, 2.75) is 44.8 Å². The Hall–Kier alpha value is -0.860. The molecule has 1 aromatic rings. The van der Waals surface area contributed by atoms with Crippen molar-refractivity contribution < 1.29 is 4.74 Å². The maximum Gasteiger partial charge on any atom is 0.0831 e. The van der Waals surface area contributed by atoms with Crippen LogP contribution in [-0.4, -0.2) is 12.6 Å². The lowest BCUT2D eigenvalue weighted by Gasteiger charge is -2.28. The van der Waals surface area contributed by atoms with Gasteiger partial charge in [-0.05, 0) is 50.3 Å². The van der Waals surface area contributed by atoms with Gasteiger partial charge in [0.15, 0.2) is 0 Å². The van der Waals surface area contributed by atoms with Gasteiger partial charge in [-0.25, -0.2) is 0 Å². The fourth-order valence-corrected chi connectivity index (χ4v) is 2.43. The van der Waals surface area contributed by atoms with E-state index in [0.29, 0.717) is 6.54 Å². The van der Waals surface area contributed by atoms with Crippen LogP contribution in [0.15, 0.2) is 24.3 Å². The Kier molecular flexibility index (Phi) is 3.97. The summed E-state index contributed by atoms with van der Waals surface area (Å²) in [5.74, 6) is 0. The van der Waals surface area contributed by atoms with Gasteiger partial charge in [0.05, 0.1) is 12.2 Å². The second-order valence-electron chi connectivity index (χ2n) is 4.60. The van der Waals surface area contributed by atoms with E-state index in [2.05, 4.69) is 31.2 Å². The molecule has 0 bridgehead atoms. The number of nitrogens with two attached hydrogens (primary N) is 1. The van der Waals surface area contributed by atoms with Crippen molar-refractivity contribution in [1.82, 2.24) is 0 Å². The lowest BCUT2D eigenvalue weighted by atomic mass is 9.89. The molecule has 2 unspecified atom stereocenters. The Morgan fingerprint density at radius 2 is 2.25 bits per heavy atom. The van der Waals surface area contributed by atoms with Gasteiger partial charge in [0.25, 0.3) is 0 Å². The summed E-state index contributed by atoms with van der Waals surface area (Å²) in [7, 11) is 0. The predicted molar refractivity (Wildman–Crippen MR) is 66.3 cm³/mol. The third kappa shape index (κ3) is 2.63. The zero-order valence-corrected chi connectivity index (χ0v) is 9.99. The molecular formula is C14H21NO. The number of benzene rings is 1. The van der Waals surface area contributed by atoms with Gasteiger partial charge in [0.2, 0.25) is 0 Å². The number of aryl methyl sites for hydroxylation is 1. The molecular weight excluding hydrogens is 198 g/mol. The molecule has 0 aromatic heterocycles. The van der Waals surface area contributed by atoms with Crippen LogP contribution in [0.4, 0.5) is 0 Å². The van der Waals surface area contributed by atoms with Crippen molar-refractivity contribution in [3.8, 4) is 0 Å². The highest BCUT2D eigenvalue weighted by atomic mass is 16.5. The van der Waals surface area contributed by atoms with Crippen LogP contribution in [0.5, 0.6) is 0 Å². The van der Waals surface area contributed by atoms with E-state index in [1.807, 2.05) is 0 Å². The highest BCUT2D eigenvalue weighted by Crippen LogP contribution is 2.33. The van der Waals surface area contributed by atoms with E-state index in [-0.39, 0.29) is 12.2 Å². The first-order valence-electron chi connectivity index (χ1n) is 6.24. The standard InChI is InChI=1S/C14H21NO/c1-11(9-10-15)16-14-8-4-6-12-5-2-3-7-13(12)14/h2-3,5,7,11,14H,4,6,8-10,15H2,1H3. The average molecular weight is 219 g/mol. The molecule has 0 fully saturated rings. The number of fused-ring (bicyclic) bond motifs is 1. The first kappa shape index (κ1) is 11.6. The van der Waals surface area contributed by atoms with Crippen molar-refractivity contribution in [2.75, 3.05) is 6.54 Å². The van der Waals surface area contributed by atoms with Gasteiger partial charge in [-0.1, -0.05) is 24.3 Å². The molecule has 2 atom stereocenters. The highest BCUT2D eigenvalue weighted by molar-refractivity contribution is 5.31. The van der Waals surface area contributed by atoms with Crippen LogP contribution in [0.25, 0.3) is 0 Å². The number of rotatable bonds is 4. The summed E-state index contributed by atoms with van der Waals surface area (Å²) in [4.78, 5) is 0. The molecule has 2 heteroatoms. The van der Waals surface area contributed by atoms with Gasteiger partial charge in [0.1, 0.15) is 0 Å². The van der Waals surface area contributed by atoms with E-state index >= 15 is 0 Å². The van der Waals surface area contributed by atoms with Crippen molar-refractivity contribution >= 4 is 0 Å². The van der Waals surface area contributed by atoms with E-state index in [1.54, 1.807) is 0 Å². The minimum absolute atomic E-state index is 0.265. The Morgan fingerprint density at radius 1 is 1.44 bits per heavy atom. The summed E-state index contributed by atoms with van der Waals surface area (Å²) in [6, 6.07) is 8.64. The monoisotopic (exact) mass is 219 g/mol. The van der Waals surface area contributed by atoms with Gasteiger partial charge in [-0.2, -0.15) is 0 Å². The summed E-state index contributed by atoms with van der Waals surface area (Å²) < 4.78 is 6.08. The van der Waals surface area contributed by atoms with Crippen LogP contribution in [0, 0.1) is 0 Å². The topological polar surface area (TPSA) is 35.2 Å². The molecule has 0 heterocycles. The fraction of sp³-hybridized carbons (Fsp3) is 0.571. The summed E-state index contributed by atoms with van der Waals surface area (Å²) in [6.07, 6.45) is 5.07. The second kappa shape index (κ2) is 5.46. The molecule has 1 aliphatic carbocycles. The van der Waals surface area contributed by atoms with E-state index in [4.69, 9.17) is 10.5 Å². The van der Waals surface area contributed by atoms with Crippen LogP contribution in [0.1, 0.15) is 43.4 Å². The van der Waals surface area contributed by atoms with Gasteiger partial charge in [0, 0.05) is 0 Å². The highest BCUT2D eigenvalue weighted by Gasteiger charge is 2.21. The molecule has 0 saturated heterocycles. The van der Waals surface area contributed by atoms with E-state index < -0.39 is 0 Å². The minimum atomic E-state index is 0.265. The number of hydrogen-bond donors (Lipinski definition) is 1. The lowest BCUT2D eigenvalue weighted by Crippen LogP contribution is -2.20. The molecule has 0 saturated carbocycles. The van der Waals surface area contributed by atoms with Crippen molar-refractivity contribution in [2.24, 2.45) is 5.73 Å².